The van der Waals surface area contributed by atoms with E-state index in [2.05, 4.69) is 5.32 Å². The van der Waals surface area contributed by atoms with Crippen molar-refractivity contribution < 1.29 is 26.8 Å². The smallest absolute Gasteiger partial charge is 0.271 e. The van der Waals surface area contributed by atoms with Crippen LogP contribution in [0.1, 0.15) is 50.4 Å². The van der Waals surface area contributed by atoms with Crippen LogP contribution >= 0.6 is 0 Å². The largest absolute Gasteiger partial charge is 0.348 e. The monoisotopic (exact) mass is 508 g/mol. The van der Waals surface area contributed by atoms with Gasteiger partial charge in [-0.15, -0.1) is 0 Å². The number of fused-ring (bicyclic) bond motifs is 1. The van der Waals surface area contributed by atoms with Crippen molar-refractivity contribution in [3.05, 3.63) is 68.6 Å². The molecule has 35 heavy (non-hydrogen) atoms. The first-order valence-electron chi connectivity index (χ1n) is 11.2. The molecule has 0 radical (unpaired) electrons. The molecule has 1 N–H and O–H groups in total. The highest BCUT2D eigenvalue weighted by Gasteiger charge is 2.34. The van der Waals surface area contributed by atoms with Crippen molar-refractivity contribution in [1.82, 2.24) is 19.1 Å². The molecule has 4 rings (SSSR count). The van der Waals surface area contributed by atoms with Crippen LogP contribution < -0.4 is 10.9 Å². The van der Waals surface area contributed by atoms with Crippen molar-refractivity contribution in [2.75, 3.05) is 31.9 Å². The molecule has 0 atom stereocenters. The van der Waals surface area contributed by atoms with Crippen LogP contribution in [0.25, 0.3) is 0 Å². The Morgan fingerprint density at radius 3 is 2.43 bits per heavy atom. The number of alkyl halides is 2. The third-order valence-corrected chi connectivity index (χ3v) is 8.23. The first kappa shape index (κ1) is 25.0. The Kier molecular flexibility index (Phi) is 7.04. The van der Waals surface area contributed by atoms with Gasteiger partial charge >= 0.3 is 0 Å². The summed E-state index contributed by atoms with van der Waals surface area (Å²) in [6, 6.07) is 8.12. The van der Waals surface area contributed by atoms with Gasteiger partial charge in [0.25, 0.3) is 23.8 Å². The quantitative estimate of drug-likeness (QED) is 0.610. The van der Waals surface area contributed by atoms with Gasteiger partial charge in [0.15, 0.2) is 0 Å². The summed E-state index contributed by atoms with van der Waals surface area (Å²) < 4.78 is 54.1. The second-order valence-electron chi connectivity index (χ2n) is 8.65. The fourth-order valence-corrected chi connectivity index (χ4v) is 5.83. The minimum absolute atomic E-state index is 0.0215. The molecular weight excluding hydrogens is 482 g/mol. The molecule has 1 saturated heterocycles. The lowest BCUT2D eigenvalue weighted by molar-refractivity contribution is 0.0673. The molecule has 12 heteroatoms. The van der Waals surface area contributed by atoms with Crippen molar-refractivity contribution in [1.29, 1.82) is 0 Å². The SMILES string of the molecule is Cc1ccc(CNC(=O)c2cc(C(F)F)c3n(c2=O)CCN(CCN2CCCS2(=O)=O)C3=O)cc1. The molecule has 1 aromatic carbocycles. The molecule has 0 bridgehead atoms. The number of nitrogens with one attached hydrogen (secondary N) is 1. The lowest BCUT2D eigenvalue weighted by atomic mass is 10.1. The van der Waals surface area contributed by atoms with E-state index in [4.69, 9.17) is 0 Å². The van der Waals surface area contributed by atoms with Gasteiger partial charge in [-0.3, -0.25) is 14.4 Å². The van der Waals surface area contributed by atoms with Gasteiger partial charge in [-0.05, 0) is 25.0 Å². The van der Waals surface area contributed by atoms with Crippen molar-refractivity contribution in [2.24, 2.45) is 0 Å². The van der Waals surface area contributed by atoms with Crippen molar-refractivity contribution >= 4 is 21.8 Å². The summed E-state index contributed by atoms with van der Waals surface area (Å²) in [6.45, 7) is 2.41. The number of aromatic nitrogens is 1. The van der Waals surface area contributed by atoms with Crippen molar-refractivity contribution in [2.45, 2.75) is 32.9 Å². The minimum atomic E-state index is -3.36. The van der Waals surface area contributed by atoms with Crippen LogP contribution in [0.3, 0.4) is 0 Å². The first-order valence-corrected chi connectivity index (χ1v) is 12.9. The summed E-state index contributed by atoms with van der Waals surface area (Å²) in [4.78, 5) is 40.0. The number of amides is 2. The van der Waals surface area contributed by atoms with Crippen molar-refractivity contribution in [3.63, 3.8) is 0 Å². The van der Waals surface area contributed by atoms with Crippen LogP contribution in [0.4, 0.5) is 8.78 Å². The topological polar surface area (TPSA) is 109 Å². The Morgan fingerprint density at radius 1 is 1.09 bits per heavy atom. The standard InChI is InChI=1S/C23H26F2N4O5S/c1-15-3-5-16(6-4-15)14-26-21(30)18-13-17(20(24)25)19-23(32)27(9-11-29(19)22(18)31)8-10-28-7-2-12-35(28,33)34/h3-6,13,20H,2,7-12,14H2,1H3,(H,26,30). The van der Waals surface area contributed by atoms with Gasteiger partial charge < -0.3 is 14.8 Å². The molecule has 0 spiro atoms. The number of aryl methyl sites for hydroxylation is 1. The van der Waals surface area contributed by atoms with Gasteiger partial charge in [0.05, 0.1) is 5.75 Å². The Morgan fingerprint density at radius 2 is 1.80 bits per heavy atom. The molecular formula is C23H26F2N4O5S. The number of nitrogens with zero attached hydrogens (tertiary/aromatic N) is 3. The maximum absolute atomic E-state index is 13.9. The second-order valence-corrected chi connectivity index (χ2v) is 10.7. The Hall–Kier alpha value is -3.12. The molecule has 2 aromatic rings. The van der Waals surface area contributed by atoms with Gasteiger partial charge in [0, 0.05) is 44.8 Å². The van der Waals surface area contributed by atoms with E-state index in [-0.39, 0.29) is 38.5 Å². The van der Waals surface area contributed by atoms with E-state index in [0.717, 1.165) is 21.8 Å². The van der Waals surface area contributed by atoms with Crippen LogP contribution in [0.5, 0.6) is 0 Å². The molecule has 0 unspecified atom stereocenters. The van der Waals surface area contributed by atoms with Gasteiger partial charge in [-0.2, -0.15) is 0 Å². The molecule has 2 amide bonds. The lowest BCUT2D eigenvalue weighted by Gasteiger charge is -2.32. The predicted molar refractivity (Wildman–Crippen MR) is 124 cm³/mol. The summed E-state index contributed by atoms with van der Waals surface area (Å²) in [7, 11) is -3.36. The summed E-state index contributed by atoms with van der Waals surface area (Å²) >= 11 is 0. The van der Waals surface area contributed by atoms with Gasteiger partial charge in [-0.1, -0.05) is 29.8 Å². The van der Waals surface area contributed by atoms with Crippen LogP contribution in [0, 0.1) is 6.92 Å². The number of hydrogen-bond acceptors (Lipinski definition) is 5. The molecule has 2 aliphatic heterocycles. The number of benzene rings is 1. The summed E-state index contributed by atoms with van der Waals surface area (Å²) in [5.41, 5.74) is -0.622. The van der Waals surface area contributed by atoms with Crippen LogP contribution in [-0.4, -0.2) is 65.9 Å². The molecule has 0 aliphatic carbocycles. The molecule has 0 saturated carbocycles. The molecule has 2 aliphatic rings. The number of carbonyl (C=O) groups is 2. The zero-order valence-electron chi connectivity index (χ0n) is 19.2. The van der Waals surface area contributed by atoms with Crippen LogP contribution in [0.2, 0.25) is 0 Å². The van der Waals surface area contributed by atoms with Crippen LogP contribution in [0.15, 0.2) is 35.1 Å². The van der Waals surface area contributed by atoms with E-state index in [0.29, 0.717) is 13.0 Å². The van der Waals surface area contributed by atoms with E-state index in [1.807, 2.05) is 19.1 Å². The average molecular weight is 509 g/mol. The summed E-state index contributed by atoms with van der Waals surface area (Å²) in [6.07, 6.45) is -2.60. The predicted octanol–water partition coefficient (Wildman–Crippen LogP) is 1.52. The van der Waals surface area contributed by atoms with E-state index in [1.54, 1.807) is 12.1 Å². The third kappa shape index (κ3) is 5.13. The highest BCUT2D eigenvalue weighted by Crippen LogP contribution is 2.26. The van der Waals surface area contributed by atoms with E-state index < -0.39 is 50.6 Å². The zero-order valence-corrected chi connectivity index (χ0v) is 20.0. The minimum Gasteiger partial charge on any atom is -0.348 e. The number of hydrogen-bond donors (Lipinski definition) is 1. The number of sulfonamides is 1. The van der Waals surface area contributed by atoms with Gasteiger partial charge in [0.1, 0.15) is 11.3 Å². The second kappa shape index (κ2) is 9.86. The summed E-state index contributed by atoms with van der Waals surface area (Å²) in [5.74, 6) is -1.54. The fourth-order valence-electron chi connectivity index (χ4n) is 4.31. The molecule has 1 aromatic heterocycles. The van der Waals surface area contributed by atoms with E-state index >= 15 is 0 Å². The third-order valence-electron chi connectivity index (χ3n) is 6.28. The first-order chi connectivity index (χ1) is 16.6. The number of carbonyl (C=O) groups excluding carboxylic acids is 2. The van der Waals surface area contributed by atoms with Crippen molar-refractivity contribution in [3.8, 4) is 0 Å². The van der Waals surface area contributed by atoms with E-state index in [9.17, 15) is 31.6 Å². The maximum atomic E-state index is 13.9. The normalized spacial score (nSPS) is 17.6. The maximum Gasteiger partial charge on any atom is 0.271 e. The molecule has 1 fully saturated rings. The van der Waals surface area contributed by atoms with Gasteiger partial charge in [-0.25, -0.2) is 21.5 Å². The zero-order chi connectivity index (χ0) is 25.3. The van der Waals surface area contributed by atoms with Gasteiger partial charge in [0.2, 0.25) is 10.0 Å². The molecule has 188 valence electrons. The molecule has 3 heterocycles. The van der Waals surface area contributed by atoms with Crippen LogP contribution in [-0.2, 0) is 23.1 Å². The highest BCUT2D eigenvalue weighted by molar-refractivity contribution is 7.89. The Labute approximate surface area is 201 Å². The number of halogens is 2. The summed E-state index contributed by atoms with van der Waals surface area (Å²) in [5, 5.41) is 2.57. The Balaban J connectivity index is 1.56. The molecule has 9 nitrogen and oxygen atoms in total. The van der Waals surface area contributed by atoms with E-state index in [1.165, 1.54) is 9.21 Å². The lowest BCUT2D eigenvalue weighted by Crippen LogP contribution is -2.49. The highest BCUT2D eigenvalue weighted by atomic mass is 32.2. The average Bonchev–Trinajstić information content (AvgIpc) is 3.16. The number of pyridine rings is 1. The Bertz CT molecular complexity index is 1310. The number of rotatable bonds is 7. The fraction of sp³-hybridized carbons (Fsp3) is 0.435.